The monoisotopic (exact) mass is 286 g/mol. The number of carbonyl (C=O) groups excluding carboxylic acids is 1. The summed E-state index contributed by atoms with van der Waals surface area (Å²) in [6.45, 7) is 0. The van der Waals surface area contributed by atoms with Gasteiger partial charge in [-0.1, -0.05) is 35.5 Å². The van der Waals surface area contributed by atoms with Crippen molar-refractivity contribution in [3.63, 3.8) is 0 Å². The van der Waals surface area contributed by atoms with E-state index in [0.29, 0.717) is 5.69 Å². The van der Waals surface area contributed by atoms with E-state index in [1.165, 1.54) is 6.07 Å². The van der Waals surface area contributed by atoms with Crippen LogP contribution in [0.4, 0.5) is 0 Å². The highest BCUT2D eigenvalue weighted by Crippen LogP contribution is 2.33. The molecular weight excluding hydrogens is 272 g/mol. The van der Waals surface area contributed by atoms with Gasteiger partial charge < -0.3 is 14.9 Å². The molecule has 1 saturated carbocycles. The lowest BCUT2D eigenvalue weighted by Gasteiger charge is -2.11. The number of carbonyl (C=O) groups is 2. The van der Waals surface area contributed by atoms with Crippen LogP contribution >= 0.6 is 0 Å². The van der Waals surface area contributed by atoms with Crippen molar-refractivity contribution in [2.75, 3.05) is 0 Å². The molecule has 1 amide bonds. The molecule has 2 N–H and O–H groups in total. The first-order valence-corrected chi connectivity index (χ1v) is 6.71. The SMILES string of the molecule is O=C(NC(C(=O)O)C1CC1)c1cc(-c2ccccc2)no1. The molecule has 1 heterocycles. The van der Waals surface area contributed by atoms with Gasteiger partial charge in [0, 0.05) is 11.6 Å². The van der Waals surface area contributed by atoms with Gasteiger partial charge in [0.05, 0.1) is 0 Å². The van der Waals surface area contributed by atoms with Crippen molar-refractivity contribution in [3.8, 4) is 11.3 Å². The number of aromatic nitrogens is 1. The van der Waals surface area contributed by atoms with E-state index < -0.39 is 17.9 Å². The quantitative estimate of drug-likeness (QED) is 0.876. The van der Waals surface area contributed by atoms with Gasteiger partial charge >= 0.3 is 5.97 Å². The predicted molar refractivity (Wildman–Crippen MR) is 73.6 cm³/mol. The second-order valence-electron chi connectivity index (χ2n) is 5.07. The Labute approximate surface area is 120 Å². The van der Waals surface area contributed by atoms with Crippen molar-refractivity contribution in [2.45, 2.75) is 18.9 Å². The van der Waals surface area contributed by atoms with E-state index in [1.807, 2.05) is 30.3 Å². The van der Waals surface area contributed by atoms with Crippen LogP contribution in [0.2, 0.25) is 0 Å². The summed E-state index contributed by atoms with van der Waals surface area (Å²) in [6, 6.07) is 9.95. The Kier molecular flexibility index (Phi) is 3.43. The van der Waals surface area contributed by atoms with Crippen LogP contribution in [0.25, 0.3) is 11.3 Å². The summed E-state index contributed by atoms with van der Waals surface area (Å²) in [7, 11) is 0. The number of rotatable bonds is 5. The van der Waals surface area contributed by atoms with Crippen LogP contribution in [0.1, 0.15) is 23.4 Å². The van der Waals surface area contributed by atoms with Gasteiger partial charge in [0.15, 0.2) is 0 Å². The number of hydrogen-bond acceptors (Lipinski definition) is 4. The fourth-order valence-electron chi connectivity index (χ4n) is 2.15. The molecule has 0 saturated heterocycles. The van der Waals surface area contributed by atoms with Crippen LogP contribution in [-0.2, 0) is 4.79 Å². The van der Waals surface area contributed by atoms with E-state index in [1.54, 1.807) is 0 Å². The lowest BCUT2D eigenvalue weighted by molar-refractivity contribution is -0.139. The maximum absolute atomic E-state index is 12.0. The molecule has 1 atom stereocenters. The molecule has 0 aliphatic heterocycles. The average molecular weight is 286 g/mol. The molecule has 3 rings (SSSR count). The van der Waals surface area contributed by atoms with Crippen molar-refractivity contribution in [1.82, 2.24) is 10.5 Å². The Morgan fingerprint density at radius 3 is 2.62 bits per heavy atom. The number of carboxylic acid groups (broad SMARTS) is 1. The number of hydrogen-bond donors (Lipinski definition) is 2. The maximum atomic E-state index is 12.0. The number of nitrogens with one attached hydrogen (secondary N) is 1. The Hall–Kier alpha value is -2.63. The molecular formula is C15H14N2O4. The number of carboxylic acids is 1. The summed E-state index contributed by atoms with van der Waals surface area (Å²) in [5.41, 5.74) is 1.37. The van der Waals surface area contributed by atoms with E-state index in [9.17, 15) is 9.59 Å². The number of benzene rings is 1. The first-order chi connectivity index (χ1) is 10.1. The molecule has 0 radical (unpaired) electrons. The summed E-state index contributed by atoms with van der Waals surface area (Å²) in [5.74, 6) is -1.54. The fraction of sp³-hybridized carbons (Fsp3) is 0.267. The standard InChI is InChI=1S/C15H14N2O4/c18-14(16-13(15(19)20)10-6-7-10)12-8-11(17-21-12)9-4-2-1-3-5-9/h1-5,8,10,13H,6-7H2,(H,16,18)(H,19,20). The van der Waals surface area contributed by atoms with E-state index in [2.05, 4.69) is 10.5 Å². The third kappa shape index (κ3) is 2.94. The van der Waals surface area contributed by atoms with Gasteiger partial charge in [0.2, 0.25) is 5.76 Å². The topological polar surface area (TPSA) is 92.4 Å². The Balaban J connectivity index is 1.73. The van der Waals surface area contributed by atoms with Gasteiger partial charge in [-0.3, -0.25) is 4.79 Å². The number of aliphatic carboxylic acids is 1. The molecule has 1 fully saturated rings. The van der Waals surface area contributed by atoms with Crippen molar-refractivity contribution in [3.05, 3.63) is 42.2 Å². The van der Waals surface area contributed by atoms with E-state index in [0.717, 1.165) is 18.4 Å². The van der Waals surface area contributed by atoms with Crippen molar-refractivity contribution < 1.29 is 19.2 Å². The van der Waals surface area contributed by atoms with Gasteiger partial charge in [-0.2, -0.15) is 0 Å². The molecule has 108 valence electrons. The Bertz CT molecular complexity index is 661. The van der Waals surface area contributed by atoms with Crippen LogP contribution in [0, 0.1) is 5.92 Å². The highest BCUT2D eigenvalue weighted by molar-refractivity contribution is 5.95. The molecule has 1 aromatic heterocycles. The van der Waals surface area contributed by atoms with Gasteiger partial charge in [0.1, 0.15) is 11.7 Å². The minimum Gasteiger partial charge on any atom is -0.480 e. The van der Waals surface area contributed by atoms with Crippen LogP contribution < -0.4 is 5.32 Å². The molecule has 0 spiro atoms. The average Bonchev–Trinajstić information content (AvgIpc) is 3.20. The van der Waals surface area contributed by atoms with Crippen molar-refractivity contribution in [1.29, 1.82) is 0 Å². The van der Waals surface area contributed by atoms with Crippen LogP contribution in [0.5, 0.6) is 0 Å². The zero-order valence-corrected chi connectivity index (χ0v) is 11.2. The Morgan fingerprint density at radius 2 is 2.00 bits per heavy atom. The molecule has 6 heteroatoms. The molecule has 1 unspecified atom stereocenters. The van der Waals surface area contributed by atoms with Crippen molar-refractivity contribution >= 4 is 11.9 Å². The summed E-state index contributed by atoms with van der Waals surface area (Å²) in [5, 5.41) is 15.4. The third-order valence-corrected chi connectivity index (χ3v) is 3.45. The largest absolute Gasteiger partial charge is 0.480 e. The highest BCUT2D eigenvalue weighted by atomic mass is 16.5. The van der Waals surface area contributed by atoms with Crippen LogP contribution in [0.15, 0.2) is 40.9 Å². The van der Waals surface area contributed by atoms with Gasteiger partial charge in [-0.15, -0.1) is 0 Å². The molecule has 2 aromatic rings. The normalized spacial score (nSPS) is 15.4. The van der Waals surface area contributed by atoms with E-state index >= 15 is 0 Å². The predicted octanol–water partition coefficient (Wildman–Crippen LogP) is 1.93. The molecule has 6 nitrogen and oxygen atoms in total. The minimum atomic E-state index is -1.02. The highest BCUT2D eigenvalue weighted by Gasteiger charge is 2.37. The molecule has 0 bridgehead atoms. The van der Waals surface area contributed by atoms with Gasteiger partial charge in [-0.05, 0) is 18.8 Å². The maximum Gasteiger partial charge on any atom is 0.326 e. The zero-order chi connectivity index (χ0) is 14.8. The second-order valence-corrected chi connectivity index (χ2v) is 5.07. The second kappa shape index (κ2) is 5.40. The van der Waals surface area contributed by atoms with E-state index in [-0.39, 0.29) is 11.7 Å². The lowest BCUT2D eigenvalue weighted by atomic mass is 10.1. The molecule has 21 heavy (non-hydrogen) atoms. The summed E-state index contributed by atoms with van der Waals surface area (Å²) >= 11 is 0. The van der Waals surface area contributed by atoms with Gasteiger partial charge in [0.25, 0.3) is 5.91 Å². The molecule has 1 aliphatic carbocycles. The summed E-state index contributed by atoms with van der Waals surface area (Å²) in [6.07, 6.45) is 1.64. The van der Waals surface area contributed by atoms with Crippen LogP contribution in [-0.4, -0.2) is 28.2 Å². The zero-order valence-electron chi connectivity index (χ0n) is 11.2. The van der Waals surface area contributed by atoms with Crippen molar-refractivity contribution in [2.24, 2.45) is 5.92 Å². The smallest absolute Gasteiger partial charge is 0.326 e. The Morgan fingerprint density at radius 1 is 1.29 bits per heavy atom. The first kappa shape index (κ1) is 13.4. The first-order valence-electron chi connectivity index (χ1n) is 6.71. The summed E-state index contributed by atoms with van der Waals surface area (Å²) in [4.78, 5) is 23.1. The molecule has 1 aliphatic rings. The molecule has 1 aromatic carbocycles. The van der Waals surface area contributed by atoms with E-state index in [4.69, 9.17) is 9.63 Å². The lowest BCUT2D eigenvalue weighted by Crippen LogP contribution is -2.42. The number of nitrogens with zero attached hydrogens (tertiary/aromatic N) is 1. The fourth-order valence-corrected chi connectivity index (χ4v) is 2.15. The third-order valence-electron chi connectivity index (χ3n) is 3.45. The minimum absolute atomic E-state index is 0.0146. The van der Waals surface area contributed by atoms with Gasteiger partial charge in [-0.25, -0.2) is 4.79 Å². The van der Waals surface area contributed by atoms with Crippen LogP contribution in [0.3, 0.4) is 0 Å². The number of amides is 1. The summed E-state index contributed by atoms with van der Waals surface area (Å²) < 4.78 is 5.01.